The molecule has 1 atom stereocenters. The molecule has 6 nitrogen and oxygen atoms in total. The number of hydrogen-bond acceptors (Lipinski definition) is 6. The summed E-state index contributed by atoms with van der Waals surface area (Å²) in [5.41, 5.74) is 1.22. The second-order valence-electron chi connectivity index (χ2n) is 5.51. The topological polar surface area (TPSA) is 83.7 Å². The number of benzene rings is 1. The Kier molecular flexibility index (Phi) is 6.31. The number of nitrogens with zero attached hydrogens (tertiary/aromatic N) is 2. The lowest BCUT2D eigenvalue weighted by molar-refractivity contribution is -0.119. The zero-order chi connectivity index (χ0) is 18.5. The van der Waals surface area contributed by atoms with Crippen LogP contribution in [0.1, 0.15) is 17.4 Å². The summed E-state index contributed by atoms with van der Waals surface area (Å²) in [5, 5.41) is 15.2. The van der Waals surface area contributed by atoms with E-state index in [4.69, 9.17) is 11.6 Å². The number of fused-ring (bicyclic) bond motifs is 1. The highest BCUT2D eigenvalue weighted by atomic mass is 35.5. The summed E-state index contributed by atoms with van der Waals surface area (Å²) in [7, 11) is 0. The van der Waals surface area contributed by atoms with E-state index >= 15 is 0 Å². The highest BCUT2D eigenvalue weighted by Crippen LogP contribution is 2.16. The van der Waals surface area contributed by atoms with Crippen LogP contribution in [0.4, 0.5) is 0 Å². The Morgan fingerprint density at radius 3 is 2.92 bits per heavy atom. The quantitative estimate of drug-likeness (QED) is 0.626. The van der Waals surface area contributed by atoms with Crippen LogP contribution in [0.15, 0.2) is 46.7 Å². The van der Waals surface area contributed by atoms with Gasteiger partial charge in [0.25, 0.3) is 5.56 Å². The number of thioether (sulfide) groups is 1. The van der Waals surface area contributed by atoms with Gasteiger partial charge in [0.15, 0.2) is 4.96 Å². The number of amides is 1. The van der Waals surface area contributed by atoms with E-state index in [0.29, 0.717) is 27.0 Å². The van der Waals surface area contributed by atoms with Gasteiger partial charge in [0.2, 0.25) is 5.91 Å². The van der Waals surface area contributed by atoms with Gasteiger partial charge in [-0.15, -0.1) is 23.1 Å². The maximum atomic E-state index is 11.9. The van der Waals surface area contributed by atoms with Crippen molar-refractivity contribution in [1.82, 2.24) is 14.7 Å². The van der Waals surface area contributed by atoms with Gasteiger partial charge in [0, 0.05) is 35.0 Å². The number of nitrogens with one attached hydrogen (secondary N) is 1. The van der Waals surface area contributed by atoms with E-state index in [0.717, 1.165) is 0 Å². The summed E-state index contributed by atoms with van der Waals surface area (Å²) in [6.07, 6.45) is 0.898. The van der Waals surface area contributed by atoms with Crippen LogP contribution in [-0.4, -0.2) is 32.7 Å². The van der Waals surface area contributed by atoms with Gasteiger partial charge in [-0.3, -0.25) is 14.0 Å². The zero-order valence-corrected chi connectivity index (χ0v) is 16.0. The first-order valence-corrected chi connectivity index (χ1v) is 10.2. The molecule has 0 bridgehead atoms. The van der Waals surface area contributed by atoms with Crippen molar-refractivity contribution in [3.05, 3.63) is 68.5 Å². The third kappa shape index (κ3) is 4.85. The highest BCUT2D eigenvalue weighted by molar-refractivity contribution is 7.99. The SMILES string of the molecule is O=C(CSCc1cc(=O)n2ccsc2n1)NCC(O)c1ccc(Cl)cc1. The van der Waals surface area contributed by atoms with Crippen LogP contribution in [-0.2, 0) is 10.5 Å². The van der Waals surface area contributed by atoms with Crippen molar-refractivity contribution < 1.29 is 9.90 Å². The molecule has 0 aliphatic heterocycles. The molecule has 9 heteroatoms. The second-order valence-corrected chi connectivity index (χ2v) is 7.80. The molecule has 0 aliphatic carbocycles. The highest BCUT2D eigenvalue weighted by Gasteiger charge is 2.10. The van der Waals surface area contributed by atoms with Gasteiger partial charge < -0.3 is 10.4 Å². The molecule has 3 aromatic rings. The maximum absolute atomic E-state index is 11.9. The summed E-state index contributed by atoms with van der Waals surface area (Å²) in [5.74, 6) is 0.507. The number of carbonyl (C=O) groups is 1. The lowest BCUT2D eigenvalue weighted by Gasteiger charge is -2.12. The van der Waals surface area contributed by atoms with Gasteiger partial charge in [0.1, 0.15) is 0 Å². The molecule has 136 valence electrons. The zero-order valence-electron chi connectivity index (χ0n) is 13.6. The minimum atomic E-state index is -0.788. The third-order valence-electron chi connectivity index (χ3n) is 3.59. The first-order chi connectivity index (χ1) is 12.5. The Morgan fingerprint density at radius 2 is 2.15 bits per heavy atom. The Hall–Kier alpha value is -1.87. The maximum Gasteiger partial charge on any atom is 0.258 e. The molecule has 1 unspecified atom stereocenters. The van der Waals surface area contributed by atoms with Gasteiger partial charge in [-0.1, -0.05) is 23.7 Å². The summed E-state index contributed by atoms with van der Waals surface area (Å²) in [6.45, 7) is 0.127. The summed E-state index contributed by atoms with van der Waals surface area (Å²) < 4.78 is 1.49. The first kappa shape index (κ1) is 18.9. The normalized spacial score (nSPS) is 12.2. The van der Waals surface area contributed by atoms with E-state index in [9.17, 15) is 14.7 Å². The molecule has 2 N–H and O–H groups in total. The fourth-order valence-corrected chi connectivity index (χ4v) is 3.89. The predicted molar refractivity (Wildman–Crippen MR) is 105 cm³/mol. The number of hydrogen-bond donors (Lipinski definition) is 2. The fourth-order valence-electron chi connectivity index (χ4n) is 2.27. The van der Waals surface area contributed by atoms with Crippen LogP contribution in [0.5, 0.6) is 0 Å². The van der Waals surface area contributed by atoms with Gasteiger partial charge in [-0.2, -0.15) is 0 Å². The number of aromatic nitrogens is 2. The molecule has 0 radical (unpaired) electrons. The molecule has 0 saturated carbocycles. The number of aliphatic hydroxyl groups is 1. The molecule has 2 aromatic heterocycles. The summed E-state index contributed by atoms with van der Waals surface area (Å²) >= 11 is 8.57. The fraction of sp³-hybridized carbons (Fsp3) is 0.235. The molecule has 0 spiro atoms. The van der Waals surface area contributed by atoms with E-state index in [1.165, 1.54) is 33.6 Å². The molecule has 26 heavy (non-hydrogen) atoms. The summed E-state index contributed by atoms with van der Waals surface area (Å²) in [6, 6.07) is 8.31. The molecular formula is C17H16ClN3O3S2. The molecule has 0 fully saturated rings. The standard InChI is InChI=1S/C17H16ClN3O3S2/c18-12-3-1-11(2-4-12)14(22)8-19-15(23)10-25-9-13-7-16(24)21-5-6-26-17(21)20-13/h1-7,14,22H,8-10H2,(H,19,23). The largest absolute Gasteiger partial charge is 0.387 e. The van der Waals surface area contributed by atoms with E-state index in [2.05, 4.69) is 10.3 Å². The minimum Gasteiger partial charge on any atom is -0.387 e. The van der Waals surface area contributed by atoms with Crippen molar-refractivity contribution in [3.63, 3.8) is 0 Å². The van der Waals surface area contributed by atoms with Crippen molar-refractivity contribution in [2.24, 2.45) is 0 Å². The van der Waals surface area contributed by atoms with Crippen molar-refractivity contribution in [2.75, 3.05) is 12.3 Å². The number of rotatable bonds is 7. The van der Waals surface area contributed by atoms with Gasteiger partial charge in [-0.05, 0) is 17.7 Å². The Bertz CT molecular complexity index is 956. The Balaban J connectivity index is 1.45. The first-order valence-electron chi connectivity index (χ1n) is 7.76. The van der Waals surface area contributed by atoms with E-state index in [-0.39, 0.29) is 23.8 Å². The number of thiazole rings is 1. The smallest absolute Gasteiger partial charge is 0.258 e. The molecule has 2 heterocycles. The average Bonchev–Trinajstić information content (AvgIpc) is 3.09. The van der Waals surface area contributed by atoms with E-state index < -0.39 is 6.10 Å². The van der Waals surface area contributed by atoms with Crippen LogP contribution in [0.3, 0.4) is 0 Å². The Labute approximate surface area is 162 Å². The average molecular weight is 410 g/mol. The van der Waals surface area contributed by atoms with Crippen molar-refractivity contribution >= 4 is 45.6 Å². The number of carbonyl (C=O) groups excluding carboxylic acids is 1. The van der Waals surface area contributed by atoms with Gasteiger partial charge in [-0.25, -0.2) is 4.98 Å². The van der Waals surface area contributed by atoms with Crippen molar-refractivity contribution in [2.45, 2.75) is 11.9 Å². The van der Waals surface area contributed by atoms with Gasteiger partial charge >= 0.3 is 0 Å². The van der Waals surface area contributed by atoms with E-state index in [1.807, 2.05) is 0 Å². The van der Waals surface area contributed by atoms with Crippen molar-refractivity contribution in [3.8, 4) is 0 Å². The monoisotopic (exact) mass is 409 g/mol. The van der Waals surface area contributed by atoms with Crippen LogP contribution in [0.2, 0.25) is 5.02 Å². The summed E-state index contributed by atoms with van der Waals surface area (Å²) in [4.78, 5) is 28.8. The molecule has 0 aliphatic rings. The lowest BCUT2D eigenvalue weighted by Crippen LogP contribution is -2.29. The number of halogens is 1. The van der Waals surface area contributed by atoms with Crippen LogP contribution >= 0.6 is 34.7 Å². The van der Waals surface area contributed by atoms with Gasteiger partial charge in [0.05, 0.1) is 17.6 Å². The second kappa shape index (κ2) is 8.68. The van der Waals surface area contributed by atoms with Crippen LogP contribution < -0.4 is 10.9 Å². The number of aliphatic hydroxyl groups excluding tert-OH is 1. The van der Waals surface area contributed by atoms with E-state index in [1.54, 1.807) is 35.8 Å². The Morgan fingerprint density at radius 1 is 1.38 bits per heavy atom. The van der Waals surface area contributed by atoms with Crippen LogP contribution in [0, 0.1) is 0 Å². The third-order valence-corrected chi connectivity index (χ3v) is 5.56. The molecule has 1 aromatic carbocycles. The molecule has 0 saturated heterocycles. The van der Waals surface area contributed by atoms with Crippen LogP contribution in [0.25, 0.3) is 4.96 Å². The van der Waals surface area contributed by atoms with Crippen molar-refractivity contribution in [1.29, 1.82) is 0 Å². The minimum absolute atomic E-state index is 0.123. The predicted octanol–water partition coefficient (Wildman–Crippen LogP) is 2.49. The molecule has 3 rings (SSSR count). The molecular weight excluding hydrogens is 394 g/mol. The lowest BCUT2D eigenvalue weighted by atomic mass is 10.1. The molecule has 1 amide bonds.